The van der Waals surface area contributed by atoms with Gasteiger partial charge in [-0.05, 0) is 25.1 Å². The molecule has 0 saturated heterocycles. The van der Waals surface area contributed by atoms with E-state index in [1.54, 1.807) is 19.1 Å². The number of nitrogens with two attached hydrogens (primary N) is 1. The average Bonchev–Trinajstić information content (AvgIpc) is 2.63. The Morgan fingerprint density at radius 3 is 2.56 bits per heavy atom. The van der Waals surface area contributed by atoms with Crippen molar-refractivity contribution in [2.45, 2.75) is 6.92 Å². The Balaban J connectivity index is 1.85. The minimum atomic E-state index is -0.809. The van der Waals surface area contributed by atoms with Gasteiger partial charge >= 0.3 is 5.97 Å². The normalized spacial score (nSPS) is 10.2. The van der Waals surface area contributed by atoms with E-state index in [9.17, 15) is 14.4 Å². The van der Waals surface area contributed by atoms with Gasteiger partial charge in [0.2, 0.25) is 0 Å². The number of nitrogens with zero attached hydrogens (tertiary/aromatic N) is 1. The molecule has 0 spiro atoms. The third kappa shape index (κ3) is 5.83. The van der Waals surface area contributed by atoms with Crippen molar-refractivity contribution < 1.29 is 23.9 Å². The van der Waals surface area contributed by atoms with Crippen LogP contribution < -0.4 is 15.8 Å². The van der Waals surface area contributed by atoms with Gasteiger partial charge < -0.3 is 20.5 Å². The third-order valence-corrected chi connectivity index (χ3v) is 3.90. The molecule has 1 aromatic heterocycles. The maximum absolute atomic E-state index is 11.9. The number of aromatic nitrogens is 1. The zero-order valence-corrected chi connectivity index (χ0v) is 15.6. The molecule has 2 amide bonds. The minimum Gasteiger partial charge on any atom is -0.481 e. The van der Waals surface area contributed by atoms with Crippen LogP contribution in [0.25, 0.3) is 0 Å². The number of anilines is 1. The highest BCUT2D eigenvalue weighted by atomic mass is 35.5. The Labute approximate surface area is 164 Å². The van der Waals surface area contributed by atoms with Crippen molar-refractivity contribution in [3.05, 3.63) is 51.6 Å². The fourth-order valence-electron chi connectivity index (χ4n) is 1.93. The van der Waals surface area contributed by atoms with Crippen LogP contribution in [0, 0.1) is 6.92 Å². The molecule has 10 heteroatoms. The monoisotopic (exact) mass is 411 g/mol. The first-order chi connectivity index (χ1) is 12.8. The van der Waals surface area contributed by atoms with Crippen LogP contribution in [0.4, 0.5) is 5.82 Å². The van der Waals surface area contributed by atoms with Crippen molar-refractivity contribution >= 4 is 46.8 Å². The molecule has 27 heavy (non-hydrogen) atoms. The molecule has 1 aromatic carbocycles. The largest absolute Gasteiger partial charge is 0.481 e. The lowest BCUT2D eigenvalue weighted by atomic mass is 10.2. The molecule has 0 radical (unpaired) electrons. The van der Waals surface area contributed by atoms with Gasteiger partial charge in [-0.3, -0.25) is 9.59 Å². The molecular formula is C17H15Cl2N3O5. The summed E-state index contributed by atoms with van der Waals surface area (Å²) in [6, 6.07) is 7.60. The maximum atomic E-state index is 11.9. The van der Waals surface area contributed by atoms with Crippen molar-refractivity contribution in [2.75, 3.05) is 18.5 Å². The number of esters is 1. The van der Waals surface area contributed by atoms with Gasteiger partial charge in [-0.15, -0.1) is 0 Å². The number of benzene rings is 1. The standard InChI is InChI=1S/C17H15Cl2N3O5/c1-9-11(18)6-12(19)17(21-9)22-14(23)7-27-15(24)8-26-13-5-3-2-4-10(13)16(20)25/h2-6H,7-8H2,1H3,(H2,20,25)(H,21,22,23). The summed E-state index contributed by atoms with van der Waals surface area (Å²) in [5.74, 6) is -1.90. The highest BCUT2D eigenvalue weighted by Gasteiger charge is 2.14. The van der Waals surface area contributed by atoms with Gasteiger partial charge in [0.25, 0.3) is 11.8 Å². The Kier molecular flexibility index (Phi) is 6.98. The first-order valence-electron chi connectivity index (χ1n) is 7.57. The molecule has 0 unspecified atom stereocenters. The van der Waals surface area contributed by atoms with Gasteiger partial charge in [-0.1, -0.05) is 35.3 Å². The van der Waals surface area contributed by atoms with Crippen LogP contribution in [0.15, 0.2) is 30.3 Å². The van der Waals surface area contributed by atoms with Gasteiger partial charge in [0.1, 0.15) is 5.75 Å². The number of halogens is 2. The lowest BCUT2D eigenvalue weighted by Crippen LogP contribution is -2.24. The number of para-hydroxylation sites is 1. The zero-order valence-electron chi connectivity index (χ0n) is 14.1. The number of pyridine rings is 1. The predicted molar refractivity (Wildman–Crippen MR) is 99.0 cm³/mol. The van der Waals surface area contributed by atoms with Crippen LogP contribution in [0.2, 0.25) is 10.0 Å². The second-order valence-electron chi connectivity index (χ2n) is 5.24. The van der Waals surface area contributed by atoms with E-state index in [-0.39, 0.29) is 22.2 Å². The molecule has 3 N–H and O–H groups in total. The van der Waals surface area contributed by atoms with Crippen LogP contribution in [0.1, 0.15) is 16.1 Å². The van der Waals surface area contributed by atoms with Gasteiger partial charge in [0.15, 0.2) is 19.0 Å². The summed E-state index contributed by atoms with van der Waals surface area (Å²) in [7, 11) is 0. The first-order valence-corrected chi connectivity index (χ1v) is 8.33. The van der Waals surface area contributed by atoms with Crippen molar-refractivity contribution in [2.24, 2.45) is 5.73 Å². The summed E-state index contributed by atoms with van der Waals surface area (Å²) < 4.78 is 10.0. The summed E-state index contributed by atoms with van der Waals surface area (Å²) in [5.41, 5.74) is 5.82. The molecule has 0 fully saturated rings. The van der Waals surface area contributed by atoms with E-state index in [2.05, 4.69) is 10.3 Å². The molecule has 0 saturated carbocycles. The Hall–Kier alpha value is -2.84. The molecule has 8 nitrogen and oxygen atoms in total. The van der Waals surface area contributed by atoms with Gasteiger partial charge in [0, 0.05) is 0 Å². The molecule has 142 valence electrons. The third-order valence-electron chi connectivity index (χ3n) is 3.22. The Bertz CT molecular complexity index is 889. The van der Waals surface area contributed by atoms with Crippen molar-refractivity contribution in [3.8, 4) is 5.75 Å². The number of carbonyl (C=O) groups excluding carboxylic acids is 3. The number of amides is 2. The minimum absolute atomic E-state index is 0.103. The Morgan fingerprint density at radius 1 is 1.15 bits per heavy atom. The van der Waals surface area contributed by atoms with E-state index in [1.165, 1.54) is 18.2 Å². The number of rotatable bonds is 7. The predicted octanol–water partition coefficient (Wildman–Crippen LogP) is 2.36. The second-order valence-corrected chi connectivity index (χ2v) is 6.06. The van der Waals surface area contributed by atoms with Crippen LogP contribution in [0.5, 0.6) is 5.75 Å². The molecule has 0 atom stereocenters. The van der Waals surface area contributed by atoms with Crippen LogP contribution in [0.3, 0.4) is 0 Å². The van der Waals surface area contributed by atoms with E-state index >= 15 is 0 Å². The summed E-state index contributed by atoms with van der Waals surface area (Å²) >= 11 is 11.8. The topological polar surface area (TPSA) is 121 Å². The van der Waals surface area contributed by atoms with Gasteiger partial charge in [-0.25, -0.2) is 9.78 Å². The number of nitrogens with one attached hydrogen (secondary N) is 1. The lowest BCUT2D eigenvalue weighted by molar-refractivity contribution is -0.149. The Morgan fingerprint density at radius 2 is 1.85 bits per heavy atom. The van der Waals surface area contributed by atoms with Crippen LogP contribution >= 0.6 is 23.2 Å². The summed E-state index contributed by atoms with van der Waals surface area (Å²) in [5, 5.41) is 2.92. The van der Waals surface area contributed by atoms with Gasteiger partial charge in [0.05, 0.1) is 21.3 Å². The van der Waals surface area contributed by atoms with Crippen molar-refractivity contribution in [1.29, 1.82) is 0 Å². The number of carbonyl (C=O) groups is 3. The van der Waals surface area contributed by atoms with Crippen LogP contribution in [-0.4, -0.2) is 36.0 Å². The molecule has 0 bridgehead atoms. The molecule has 0 aliphatic rings. The zero-order chi connectivity index (χ0) is 20.0. The summed E-state index contributed by atoms with van der Waals surface area (Å²) in [6.07, 6.45) is 0. The molecule has 0 aliphatic carbocycles. The second kappa shape index (κ2) is 9.20. The molecule has 1 heterocycles. The number of primary amides is 1. The average molecular weight is 412 g/mol. The maximum Gasteiger partial charge on any atom is 0.344 e. The molecule has 2 aromatic rings. The van der Waals surface area contributed by atoms with E-state index in [0.717, 1.165) is 0 Å². The van der Waals surface area contributed by atoms with Crippen LogP contribution in [-0.2, 0) is 14.3 Å². The number of hydrogen-bond donors (Lipinski definition) is 2. The fraction of sp³-hybridized carbons (Fsp3) is 0.176. The number of aryl methyl sites for hydroxylation is 1. The first kappa shape index (κ1) is 20.5. The van der Waals surface area contributed by atoms with E-state index in [1.807, 2.05) is 0 Å². The van der Waals surface area contributed by atoms with Crippen molar-refractivity contribution in [3.63, 3.8) is 0 Å². The SMILES string of the molecule is Cc1nc(NC(=O)COC(=O)COc2ccccc2C(N)=O)c(Cl)cc1Cl. The van der Waals surface area contributed by atoms with E-state index in [4.69, 9.17) is 38.4 Å². The summed E-state index contributed by atoms with van der Waals surface area (Å²) in [4.78, 5) is 38.9. The fourth-order valence-corrected chi connectivity index (χ4v) is 2.34. The smallest absolute Gasteiger partial charge is 0.344 e. The number of ether oxygens (including phenoxy) is 2. The molecule has 2 rings (SSSR count). The van der Waals surface area contributed by atoms with E-state index in [0.29, 0.717) is 10.7 Å². The molecule has 0 aliphatic heterocycles. The molecular weight excluding hydrogens is 397 g/mol. The summed E-state index contributed by atoms with van der Waals surface area (Å²) in [6.45, 7) is 0.575. The van der Waals surface area contributed by atoms with E-state index < -0.39 is 31.0 Å². The quantitative estimate of drug-likeness (QED) is 0.674. The number of hydrogen-bond acceptors (Lipinski definition) is 6. The highest BCUT2D eigenvalue weighted by Crippen LogP contribution is 2.25. The lowest BCUT2D eigenvalue weighted by Gasteiger charge is -2.10. The van der Waals surface area contributed by atoms with Gasteiger partial charge in [-0.2, -0.15) is 0 Å². The van der Waals surface area contributed by atoms with Crippen molar-refractivity contribution in [1.82, 2.24) is 4.98 Å². The highest BCUT2D eigenvalue weighted by molar-refractivity contribution is 6.36.